The van der Waals surface area contributed by atoms with Crippen LogP contribution in [-0.2, 0) is 12.8 Å². The minimum absolute atomic E-state index is 0.0228. The summed E-state index contributed by atoms with van der Waals surface area (Å²) in [5.74, 6) is -0.772. The van der Waals surface area contributed by atoms with E-state index in [1.807, 2.05) is 6.20 Å². The predicted octanol–water partition coefficient (Wildman–Crippen LogP) is 3.67. The van der Waals surface area contributed by atoms with Gasteiger partial charge < -0.3 is 15.0 Å². The van der Waals surface area contributed by atoms with Gasteiger partial charge in [-0.25, -0.2) is 8.78 Å². The predicted molar refractivity (Wildman–Crippen MR) is 112 cm³/mol. The second-order valence-corrected chi connectivity index (χ2v) is 7.53. The summed E-state index contributed by atoms with van der Waals surface area (Å²) in [6.07, 6.45) is 3.20. The van der Waals surface area contributed by atoms with Crippen molar-refractivity contribution in [2.24, 2.45) is 0 Å². The van der Waals surface area contributed by atoms with Crippen molar-refractivity contribution in [3.8, 4) is 5.75 Å². The van der Waals surface area contributed by atoms with E-state index in [-0.39, 0.29) is 23.5 Å². The molecule has 7 heteroatoms. The number of aromatic amines is 1. The molecule has 0 radical (unpaired) electrons. The number of nitrogens with one attached hydrogen (secondary N) is 2. The Labute approximate surface area is 174 Å². The molecule has 2 heterocycles. The Balaban J connectivity index is 1.53. The van der Waals surface area contributed by atoms with Crippen LogP contribution in [0.25, 0.3) is 10.9 Å². The number of carbonyl (C=O) groups excluding carboxylic acids is 1. The van der Waals surface area contributed by atoms with Crippen LogP contribution in [0.15, 0.2) is 36.5 Å². The molecule has 1 aliphatic rings. The summed E-state index contributed by atoms with van der Waals surface area (Å²) < 4.78 is 33.6. The largest absolute Gasteiger partial charge is 0.489 e. The molecule has 5 nitrogen and oxygen atoms in total. The number of carbonyl (C=O) groups is 1. The van der Waals surface area contributed by atoms with Gasteiger partial charge in [0.1, 0.15) is 12.4 Å². The number of hydrogen-bond acceptors (Lipinski definition) is 3. The van der Waals surface area contributed by atoms with Gasteiger partial charge >= 0.3 is 0 Å². The highest BCUT2D eigenvalue weighted by molar-refractivity contribution is 5.96. The molecule has 0 saturated carbocycles. The smallest absolute Gasteiger partial charge is 0.251 e. The molecule has 158 valence electrons. The average molecular weight is 413 g/mol. The maximum Gasteiger partial charge on any atom is 0.251 e. The molecule has 0 saturated heterocycles. The van der Waals surface area contributed by atoms with Crippen LogP contribution in [0.2, 0.25) is 0 Å². The summed E-state index contributed by atoms with van der Waals surface area (Å²) in [5, 5.41) is 3.50. The zero-order chi connectivity index (χ0) is 21.3. The Morgan fingerprint density at radius 1 is 1.30 bits per heavy atom. The third-order valence-electron chi connectivity index (χ3n) is 5.86. The fourth-order valence-electron chi connectivity index (χ4n) is 4.23. The molecular formula is C23H25F2N3O2. The summed E-state index contributed by atoms with van der Waals surface area (Å²) in [6.45, 7) is 3.95. The molecule has 2 N–H and O–H groups in total. The second-order valence-electron chi connectivity index (χ2n) is 7.53. The SMILES string of the molecule is CCN(CCc1c[nH]c2ccc(F)cc12)C1COc2c(F)ccc(C(=O)NC)c2C1. The molecule has 0 spiro atoms. The standard InChI is InChI=1S/C23H25F2N3O2/c1-3-28(9-8-14-12-27-21-7-4-15(24)10-18(14)21)16-11-19-17(23(29)26-2)5-6-20(25)22(19)30-13-16/h4-7,10,12,16,27H,3,8-9,11,13H2,1-2H3,(H,26,29). The zero-order valence-electron chi connectivity index (χ0n) is 17.1. The van der Waals surface area contributed by atoms with Crippen molar-refractivity contribution in [3.05, 3.63) is 64.9 Å². The number of halogens is 2. The first-order valence-electron chi connectivity index (χ1n) is 10.2. The molecule has 0 bridgehead atoms. The van der Waals surface area contributed by atoms with Gasteiger partial charge in [-0.1, -0.05) is 6.92 Å². The van der Waals surface area contributed by atoms with Crippen molar-refractivity contribution in [1.82, 2.24) is 15.2 Å². The van der Waals surface area contributed by atoms with Crippen LogP contribution in [-0.4, -0.2) is 48.6 Å². The van der Waals surface area contributed by atoms with E-state index in [1.54, 1.807) is 19.2 Å². The molecule has 0 fully saturated rings. The van der Waals surface area contributed by atoms with Gasteiger partial charge in [0, 0.05) is 47.9 Å². The summed E-state index contributed by atoms with van der Waals surface area (Å²) >= 11 is 0. The molecule has 1 amide bonds. The number of likely N-dealkylation sites (N-methyl/N-ethyl adjacent to an activating group) is 1. The van der Waals surface area contributed by atoms with Crippen LogP contribution in [0.5, 0.6) is 5.75 Å². The van der Waals surface area contributed by atoms with Crippen molar-refractivity contribution < 1.29 is 18.3 Å². The fourth-order valence-corrected chi connectivity index (χ4v) is 4.23. The van der Waals surface area contributed by atoms with Crippen LogP contribution in [0, 0.1) is 11.6 Å². The van der Waals surface area contributed by atoms with E-state index in [9.17, 15) is 13.6 Å². The lowest BCUT2D eigenvalue weighted by Crippen LogP contribution is -2.44. The quantitative estimate of drug-likeness (QED) is 0.648. The summed E-state index contributed by atoms with van der Waals surface area (Å²) in [5.41, 5.74) is 3.02. The summed E-state index contributed by atoms with van der Waals surface area (Å²) in [7, 11) is 1.56. The second kappa shape index (κ2) is 8.44. The molecule has 0 aliphatic carbocycles. The molecule has 1 aromatic heterocycles. The van der Waals surface area contributed by atoms with Gasteiger partial charge in [-0.2, -0.15) is 0 Å². The normalized spacial score (nSPS) is 15.8. The first-order chi connectivity index (χ1) is 14.5. The Morgan fingerprint density at radius 3 is 2.90 bits per heavy atom. The molecule has 3 aromatic rings. The number of benzene rings is 2. The Kier molecular flexibility index (Phi) is 5.72. The first kappa shape index (κ1) is 20.3. The molecule has 1 aliphatic heterocycles. The highest BCUT2D eigenvalue weighted by Gasteiger charge is 2.30. The van der Waals surface area contributed by atoms with Crippen LogP contribution < -0.4 is 10.1 Å². The van der Waals surface area contributed by atoms with Crippen molar-refractivity contribution in [2.45, 2.75) is 25.8 Å². The number of fused-ring (bicyclic) bond motifs is 2. The molecule has 1 unspecified atom stereocenters. The van der Waals surface area contributed by atoms with E-state index < -0.39 is 5.82 Å². The average Bonchev–Trinajstić information content (AvgIpc) is 3.16. The lowest BCUT2D eigenvalue weighted by Gasteiger charge is -2.35. The maximum absolute atomic E-state index is 14.2. The number of H-pyrrole nitrogens is 1. The molecular weight excluding hydrogens is 388 g/mol. The van der Waals surface area contributed by atoms with Crippen molar-refractivity contribution in [3.63, 3.8) is 0 Å². The topological polar surface area (TPSA) is 57.4 Å². The number of ether oxygens (including phenoxy) is 1. The first-order valence-corrected chi connectivity index (χ1v) is 10.2. The minimum Gasteiger partial charge on any atom is -0.489 e. The number of rotatable bonds is 6. The van der Waals surface area contributed by atoms with Gasteiger partial charge in [0.15, 0.2) is 11.6 Å². The van der Waals surface area contributed by atoms with Gasteiger partial charge in [-0.05, 0) is 55.3 Å². The molecule has 4 rings (SSSR count). The van der Waals surface area contributed by atoms with E-state index >= 15 is 0 Å². The third kappa shape index (κ3) is 3.77. The van der Waals surface area contributed by atoms with Crippen molar-refractivity contribution in [2.75, 3.05) is 26.7 Å². The van der Waals surface area contributed by atoms with E-state index in [2.05, 4.69) is 22.1 Å². The Morgan fingerprint density at radius 2 is 2.13 bits per heavy atom. The van der Waals surface area contributed by atoms with E-state index in [0.717, 1.165) is 36.0 Å². The highest BCUT2D eigenvalue weighted by atomic mass is 19.1. The molecule has 1 atom stereocenters. The third-order valence-corrected chi connectivity index (χ3v) is 5.86. The lowest BCUT2D eigenvalue weighted by atomic mass is 9.95. The fraction of sp³-hybridized carbons (Fsp3) is 0.348. The number of aromatic nitrogens is 1. The summed E-state index contributed by atoms with van der Waals surface area (Å²) in [4.78, 5) is 17.7. The maximum atomic E-state index is 14.2. The van der Waals surface area contributed by atoms with E-state index in [4.69, 9.17) is 4.74 Å². The van der Waals surface area contributed by atoms with Gasteiger partial charge in [0.25, 0.3) is 5.91 Å². The van der Waals surface area contributed by atoms with Crippen molar-refractivity contribution >= 4 is 16.8 Å². The minimum atomic E-state index is -0.444. The van der Waals surface area contributed by atoms with Crippen LogP contribution in [0.4, 0.5) is 8.78 Å². The van der Waals surface area contributed by atoms with Gasteiger partial charge in [0.2, 0.25) is 0 Å². The van der Waals surface area contributed by atoms with Crippen LogP contribution in [0.1, 0.15) is 28.4 Å². The van der Waals surface area contributed by atoms with E-state index in [0.29, 0.717) is 24.2 Å². The number of amides is 1. The van der Waals surface area contributed by atoms with Crippen molar-refractivity contribution in [1.29, 1.82) is 0 Å². The lowest BCUT2D eigenvalue weighted by molar-refractivity contribution is 0.0952. The number of hydrogen-bond donors (Lipinski definition) is 2. The molecule has 30 heavy (non-hydrogen) atoms. The highest BCUT2D eigenvalue weighted by Crippen LogP contribution is 2.32. The summed E-state index contributed by atoms with van der Waals surface area (Å²) in [6, 6.07) is 7.55. The van der Waals surface area contributed by atoms with Crippen LogP contribution >= 0.6 is 0 Å². The molecule has 2 aromatic carbocycles. The monoisotopic (exact) mass is 413 g/mol. The number of nitrogens with zero attached hydrogens (tertiary/aromatic N) is 1. The Bertz CT molecular complexity index is 1080. The Hall–Kier alpha value is -2.93. The zero-order valence-corrected chi connectivity index (χ0v) is 17.1. The van der Waals surface area contributed by atoms with Crippen LogP contribution in [0.3, 0.4) is 0 Å². The van der Waals surface area contributed by atoms with E-state index in [1.165, 1.54) is 18.2 Å². The van der Waals surface area contributed by atoms with Gasteiger partial charge in [0.05, 0.1) is 0 Å². The van der Waals surface area contributed by atoms with Gasteiger partial charge in [-0.15, -0.1) is 0 Å². The van der Waals surface area contributed by atoms with Gasteiger partial charge in [-0.3, -0.25) is 9.69 Å².